The molecule has 74 valence electrons. The van der Waals surface area contributed by atoms with Gasteiger partial charge in [0.15, 0.2) is 0 Å². The van der Waals surface area contributed by atoms with Crippen LogP contribution in [0.15, 0.2) is 0 Å². The minimum Gasteiger partial charge on any atom is -0.351 e. The fourth-order valence-electron chi connectivity index (χ4n) is 1.15. The van der Waals surface area contributed by atoms with Gasteiger partial charge in [-0.1, -0.05) is 12.8 Å². The van der Waals surface area contributed by atoms with Crippen LogP contribution in [0.3, 0.4) is 0 Å². The van der Waals surface area contributed by atoms with Crippen LogP contribution in [0.4, 0.5) is 0 Å². The van der Waals surface area contributed by atoms with E-state index in [1.165, 1.54) is 11.9 Å². The zero-order chi connectivity index (χ0) is 9.84. The van der Waals surface area contributed by atoms with Gasteiger partial charge >= 0.3 is 11.8 Å². The fourth-order valence-corrected chi connectivity index (χ4v) is 1.33. The number of piperazine rings is 1. The van der Waals surface area contributed by atoms with Crippen LogP contribution >= 0.6 is 12.8 Å². The molecular weight excluding hydrogens is 190 g/mol. The third-order valence-corrected chi connectivity index (χ3v) is 2.36. The summed E-state index contributed by atoms with van der Waals surface area (Å²) in [4.78, 5) is 23.8. The minimum atomic E-state index is -0.549. The fraction of sp³-hybridized carbons (Fsp3) is 0.714. The highest BCUT2D eigenvalue weighted by molar-refractivity contribution is 7.77. The lowest BCUT2D eigenvalue weighted by molar-refractivity contribution is -0.146. The third kappa shape index (κ3) is 2.60. The van der Waals surface area contributed by atoms with Gasteiger partial charge in [0, 0.05) is 33.2 Å². The quantitative estimate of drug-likeness (QED) is 0.381. The molecule has 1 N–H and O–H groups in total. The molecule has 0 spiro atoms. The number of likely N-dealkylation sites (N-methyl/N-ethyl adjacent to an activating group) is 1. The summed E-state index contributed by atoms with van der Waals surface area (Å²) in [7, 11) is 1.45. The van der Waals surface area contributed by atoms with Gasteiger partial charge in [0.05, 0.1) is 0 Å². The predicted octanol–water partition coefficient (Wildman–Crippen LogP) is -1.28. The first-order valence-electron chi connectivity index (χ1n) is 4.10. The molecule has 0 unspecified atom stereocenters. The first-order chi connectivity index (χ1) is 6.15. The van der Waals surface area contributed by atoms with Crippen molar-refractivity contribution < 1.29 is 9.59 Å². The summed E-state index contributed by atoms with van der Waals surface area (Å²) < 4.78 is 1.83. The first-order valence-corrected chi connectivity index (χ1v) is 4.50. The molecule has 13 heavy (non-hydrogen) atoms. The van der Waals surface area contributed by atoms with E-state index in [1.54, 1.807) is 0 Å². The zero-order valence-corrected chi connectivity index (χ0v) is 8.38. The summed E-state index contributed by atoms with van der Waals surface area (Å²) in [6.45, 7) is 2.53. The molecule has 1 heterocycles. The highest BCUT2D eigenvalue weighted by Crippen LogP contribution is 2.03. The molecule has 0 atom stereocenters. The Morgan fingerprint density at radius 2 is 1.77 bits per heavy atom. The van der Waals surface area contributed by atoms with Crippen molar-refractivity contribution in [2.45, 2.75) is 0 Å². The van der Waals surface area contributed by atoms with E-state index in [2.05, 4.69) is 18.1 Å². The Labute approximate surface area is 82.6 Å². The van der Waals surface area contributed by atoms with E-state index in [0.29, 0.717) is 26.2 Å². The van der Waals surface area contributed by atoms with Crippen molar-refractivity contribution in [2.24, 2.45) is 0 Å². The molecule has 0 bridgehead atoms. The van der Waals surface area contributed by atoms with E-state index >= 15 is 0 Å². The van der Waals surface area contributed by atoms with E-state index in [9.17, 15) is 9.59 Å². The van der Waals surface area contributed by atoms with Crippen LogP contribution in [-0.2, 0) is 9.59 Å². The number of thiol groups is 1. The minimum absolute atomic E-state index is 0.455. The van der Waals surface area contributed by atoms with Gasteiger partial charge < -0.3 is 10.2 Å². The van der Waals surface area contributed by atoms with Gasteiger partial charge in [0.25, 0.3) is 0 Å². The molecule has 1 aliphatic heterocycles. The number of carbonyl (C=O) groups is 2. The van der Waals surface area contributed by atoms with Crippen LogP contribution in [0.1, 0.15) is 0 Å². The van der Waals surface area contributed by atoms with E-state index in [0.717, 1.165) is 0 Å². The van der Waals surface area contributed by atoms with Crippen LogP contribution in [0, 0.1) is 0 Å². The molecule has 0 aromatic carbocycles. The largest absolute Gasteiger partial charge is 0.351 e. The number of nitrogens with zero attached hydrogens (tertiary/aromatic N) is 2. The molecule has 0 aliphatic carbocycles. The van der Waals surface area contributed by atoms with Gasteiger partial charge in [-0.3, -0.25) is 9.59 Å². The van der Waals surface area contributed by atoms with Crippen molar-refractivity contribution in [3.63, 3.8) is 0 Å². The van der Waals surface area contributed by atoms with E-state index in [1.807, 2.05) is 4.31 Å². The summed E-state index contributed by atoms with van der Waals surface area (Å²) in [5, 5.41) is 2.31. The Morgan fingerprint density at radius 3 is 2.23 bits per heavy atom. The standard InChI is InChI=1S/C7H13N3O2S/c1-8-6(11)7(12)9-2-4-10(13)5-3-9/h13H,2-5H2,1H3,(H,8,11). The third-order valence-electron chi connectivity index (χ3n) is 1.96. The van der Waals surface area contributed by atoms with Crippen molar-refractivity contribution in [3.8, 4) is 0 Å². The molecule has 1 rings (SSSR count). The van der Waals surface area contributed by atoms with Gasteiger partial charge in [0.2, 0.25) is 0 Å². The van der Waals surface area contributed by atoms with Crippen molar-refractivity contribution in [2.75, 3.05) is 33.2 Å². The summed E-state index contributed by atoms with van der Waals surface area (Å²) in [5.41, 5.74) is 0. The highest BCUT2D eigenvalue weighted by Gasteiger charge is 2.23. The van der Waals surface area contributed by atoms with Crippen LogP contribution in [-0.4, -0.2) is 54.2 Å². The molecular formula is C7H13N3O2S. The smallest absolute Gasteiger partial charge is 0.311 e. The monoisotopic (exact) mass is 203 g/mol. The lowest BCUT2D eigenvalue weighted by atomic mass is 10.3. The number of hydrogen-bond acceptors (Lipinski definition) is 4. The predicted molar refractivity (Wildman–Crippen MR) is 51.2 cm³/mol. The molecule has 0 aromatic rings. The van der Waals surface area contributed by atoms with Crippen LogP contribution in [0.2, 0.25) is 0 Å². The molecule has 1 aliphatic rings. The van der Waals surface area contributed by atoms with Gasteiger partial charge in [0.1, 0.15) is 0 Å². The van der Waals surface area contributed by atoms with E-state index in [-0.39, 0.29) is 0 Å². The summed E-state index contributed by atoms with van der Waals surface area (Å²) in [6, 6.07) is 0. The summed E-state index contributed by atoms with van der Waals surface area (Å²) in [6.07, 6.45) is 0. The molecule has 6 heteroatoms. The molecule has 0 aromatic heterocycles. The average molecular weight is 203 g/mol. The van der Waals surface area contributed by atoms with Gasteiger partial charge in [-0.2, -0.15) is 0 Å². The molecule has 1 fully saturated rings. The Balaban J connectivity index is 2.44. The second kappa shape index (κ2) is 4.48. The number of carbonyl (C=O) groups excluding carboxylic acids is 2. The second-order valence-corrected chi connectivity index (χ2v) is 3.39. The van der Waals surface area contributed by atoms with Crippen LogP contribution < -0.4 is 5.32 Å². The van der Waals surface area contributed by atoms with E-state index in [4.69, 9.17) is 0 Å². The zero-order valence-electron chi connectivity index (χ0n) is 7.49. The number of amides is 2. The average Bonchev–Trinajstić information content (AvgIpc) is 2.17. The Morgan fingerprint density at radius 1 is 1.23 bits per heavy atom. The summed E-state index contributed by atoms with van der Waals surface area (Å²) >= 11 is 4.14. The number of nitrogens with one attached hydrogen (secondary N) is 1. The second-order valence-electron chi connectivity index (χ2n) is 2.82. The van der Waals surface area contributed by atoms with Gasteiger partial charge in [-0.15, -0.1) is 0 Å². The Bertz CT molecular complexity index is 214. The van der Waals surface area contributed by atoms with Crippen LogP contribution in [0.5, 0.6) is 0 Å². The number of hydrogen-bond donors (Lipinski definition) is 2. The SMILES string of the molecule is CNC(=O)C(=O)N1CCN(S)CC1. The summed E-state index contributed by atoms with van der Waals surface area (Å²) in [5.74, 6) is -1.00. The highest BCUT2D eigenvalue weighted by atomic mass is 32.1. The van der Waals surface area contributed by atoms with Crippen molar-refractivity contribution >= 4 is 24.6 Å². The number of rotatable bonds is 0. The Kier molecular flexibility index (Phi) is 3.56. The van der Waals surface area contributed by atoms with Crippen molar-refractivity contribution in [3.05, 3.63) is 0 Å². The maximum absolute atomic E-state index is 11.3. The molecule has 0 radical (unpaired) electrons. The molecule has 1 saturated heterocycles. The molecule has 2 amide bonds. The van der Waals surface area contributed by atoms with Gasteiger partial charge in [-0.05, 0) is 0 Å². The lowest BCUT2D eigenvalue weighted by Gasteiger charge is -2.30. The van der Waals surface area contributed by atoms with E-state index < -0.39 is 11.8 Å². The van der Waals surface area contributed by atoms with Crippen molar-refractivity contribution in [1.29, 1.82) is 0 Å². The van der Waals surface area contributed by atoms with Crippen molar-refractivity contribution in [1.82, 2.24) is 14.5 Å². The molecule has 0 saturated carbocycles. The maximum Gasteiger partial charge on any atom is 0.311 e. The normalized spacial score (nSPS) is 18.5. The molecule has 5 nitrogen and oxygen atoms in total. The first kappa shape index (κ1) is 10.3. The maximum atomic E-state index is 11.3. The topological polar surface area (TPSA) is 52.7 Å². The van der Waals surface area contributed by atoms with Gasteiger partial charge in [-0.25, -0.2) is 4.31 Å². The van der Waals surface area contributed by atoms with Crippen LogP contribution in [0.25, 0.3) is 0 Å². The lowest BCUT2D eigenvalue weighted by Crippen LogP contribution is -2.50. The Hall–Kier alpha value is -0.750.